The molecule has 0 rings (SSSR count). The molecule has 0 aromatic rings. The summed E-state index contributed by atoms with van der Waals surface area (Å²) in [6.07, 6.45) is 0. The number of hydrogen-bond acceptors (Lipinski definition) is 0. The third kappa shape index (κ3) is 8.90. The molecule has 58 valence electrons. The van der Waals surface area contributed by atoms with Gasteiger partial charge in [-0.2, -0.15) is 0 Å². The van der Waals surface area contributed by atoms with Gasteiger partial charge in [-0.15, -0.1) is 0 Å². The first-order chi connectivity index (χ1) is 4.21. The van der Waals surface area contributed by atoms with E-state index < -0.39 is 31.6 Å². The van der Waals surface area contributed by atoms with Crippen molar-refractivity contribution in [1.29, 1.82) is 0 Å². The minimum atomic E-state index is -1.73. The van der Waals surface area contributed by atoms with Crippen LogP contribution in [0.25, 0.3) is 0 Å². The molecule has 0 aliphatic heterocycles. The third-order valence-corrected chi connectivity index (χ3v) is 6.64. The van der Waals surface area contributed by atoms with E-state index in [1.165, 1.54) is 0 Å². The van der Waals surface area contributed by atoms with E-state index in [9.17, 15) is 0 Å². The van der Waals surface area contributed by atoms with E-state index >= 15 is 0 Å². The molecule has 0 heterocycles. The topological polar surface area (TPSA) is 0 Å². The average molecular weight is 306 g/mol. The molecule has 0 nitrogen and oxygen atoms in total. The minimum absolute atomic E-state index is 1.52. The van der Waals surface area contributed by atoms with E-state index in [1.54, 1.807) is 0 Å². The second-order valence-electron chi connectivity index (χ2n) is 4.75. The summed E-state index contributed by atoms with van der Waals surface area (Å²) in [7, 11) is 0. The molecular weight excluding hydrogens is 287 g/mol. The monoisotopic (exact) mass is 308 g/mol. The fourth-order valence-electron chi connectivity index (χ4n) is 0.375. The van der Waals surface area contributed by atoms with Crippen LogP contribution < -0.4 is 0 Å². The number of rotatable bonds is 0. The van der Waals surface area contributed by atoms with Crippen LogP contribution in [0, 0.1) is 8.69 Å². The van der Waals surface area contributed by atoms with Gasteiger partial charge >= 0.3 is 72.4 Å². The van der Waals surface area contributed by atoms with Gasteiger partial charge in [-0.3, -0.25) is 0 Å². The summed E-state index contributed by atoms with van der Waals surface area (Å²) in [5.74, 6) is 7.06. The predicted molar refractivity (Wildman–Crippen MR) is 54.5 cm³/mol. The fraction of sp³-hybridized carbons (Fsp3) is 0.750. The average Bonchev–Trinajstić information content (AvgIpc) is 1.57. The molecule has 0 spiro atoms. The van der Waals surface area contributed by atoms with Crippen LogP contribution in [0.4, 0.5) is 0 Å². The van der Waals surface area contributed by atoms with Gasteiger partial charge in [0.25, 0.3) is 0 Å². The van der Waals surface area contributed by atoms with Crippen molar-refractivity contribution in [2.24, 2.45) is 0 Å². The van der Waals surface area contributed by atoms with Crippen LogP contribution in [-0.2, 0) is 0 Å². The van der Waals surface area contributed by atoms with Gasteiger partial charge in [0.05, 0.1) is 0 Å². The Morgan fingerprint density at radius 2 is 1.40 bits per heavy atom. The summed E-state index contributed by atoms with van der Waals surface area (Å²) in [6, 6.07) is 0. The molecule has 0 aromatic carbocycles. The second-order valence-corrected chi connectivity index (χ2v) is 28.3. The summed E-state index contributed by atoms with van der Waals surface area (Å²) in [5, 5.41) is 0. The fourth-order valence-corrected chi connectivity index (χ4v) is 13.1. The summed E-state index contributed by atoms with van der Waals surface area (Å²) in [5.41, 5.74) is 0. The van der Waals surface area contributed by atoms with Gasteiger partial charge in [0.1, 0.15) is 0 Å². The Balaban J connectivity index is 4.19. The molecule has 0 aliphatic rings. The first-order valence-electron chi connectivity index (χ1n) is 3.75. The third-order valence-electron chi connectivity index (χ3n) is 0.812. The summed E-state index contributed by atoms with van der Waals surface area (Å²) in [4.78, 5) is 7.11. The van der Waals surface area contributed by atoms with Crippen molar-refractivity contribution in [3.05, 3.63) is 0 Å². The Morgan fingerprint density at radius 3 is 1.50 bits per heavy atom. The van der Waals surface area contributed by atoms with Crippen LogP contribution in [0.1, 0.15) is 0 Å². The Labute approximate surface area is 72.0 Å². The van der Waals surface area contributed by atoms with E-state index in [4.69, 9.17) is 0 Å². The van der Waals surface area contributed by atoms with Crippen LogP contribution in [0.5, 0.6) is 0 Å². The molecule has 0 fully saturated rings. The Kier molecular flexibility index (Phi) is 3.85. The van der Waals surface area contributed by atoms with E-state index in [2.05, 4.69) is 40.8 Å². The van der Waals surface area contributed by atoms with Crippen molar-refractivity contribution < 1.29 is 0 Å². The van der Waals surface area contributed by atoms with E-state index in [0.29, 0.717) is 0 Å². The van der Waals surface area contributed by atoms with Crippen molar-refractivity contribution in [1.82, 2.24) is 0 Å². The normalized spacial score (nSPS) is 12.2. The molecule has 0 N–H and O–H groups in total. The van der Waals surface area contributed by atoms with Gasteiger partial charge in [0.15, 0.2) is 0 Å². The summed E-state index contributed by atoms with van der Waals surface area (Å²) < 4.78 is 7.00. The maximum absolute atomic E-state index is 3.51. The molecule has 0 saturated carbocycles. The summed E-state index contributed by atoms with van der Waals surface area (Å²) >= 11 is -3.26. The zero-order valence-corrected chi connectivity index (χ0v) is 13.0. The molecule has 0 amide bonds. The Hall–Kier alpha value is 0.902. The molecule has 0 unspecified atom stereocenters. The first kappa shape index (κ1) is 10.9. The van der Waals surface area contributed by atoms with Crippen LogP contribution in [0.3, 0.4) is 0 Å². The van der Waals surface area contributed by atoms with Gasteiger partial charge < -0.3 is 0 Å². The van der Waals surface area contributed by atoms with Gasteiger partial charge in [0, 0.05) is 0 Å². The predicted octanol–water partition coefficient (Wildman–Crippen LogP) is 2.74. The van der Waals surface area contributed by atoms with Gasteiger partial charge in [-0.1, -0.05) is 0 Å². The first-order valence-corrected chi connectivity index (χ1v) is 21.1. The van der Waals surface area contributed by atoms with Crippen LogP contribution in [0.2, 0.25) is 32.1 Å². The summed E-state index contributed by atoms with van der Waals surface area (Å²) in [6.45, 7) is 0. The van der Waals surface area contributed by atoms with Crippen molar-refractivity contribution in [2.45, 2.75) is 32.1 Å². The molecule has 0 aromatic heterocycles. The van der Waals surface area contributed by atoms with Crippen molar-refractivity contribution in [3.63, 3.8) is 0 Å². The molecular formula is C8H18GeSn. The van der Waals surface area contributed by atoms with Gasteiger partial charge in [0.2, 0.25) is 0 Å². The van der Waals surface area contributed by atoms with Crippen molar-refractivity contribution in [2.75, 3.05) is 0 Å². The molecule has 0 saturated heterocycles. The van der Waals surface area contributed by atoms with Crippen LogP contribution in [-0.4, -0.2) is 31.6 Å². The van der Waals surface area contributed by atoms with Crippen molar-refractivity contribution >= 4 is 31.6 Å². The Morgan fingerprint density at radius 1 is 1.00 bits per heavy atom. The van der Waals surface area contributed by atoms with E-state index in [0.717, 1.165) is 0 Å². The Bertz CT molecular complexity index is 142. The second kappa shape index (κ2) is 3.53. The standard InChI is InChI=1S/C5H9Ge.3CH3.Sn/c1-5-6(2,3)4;;;;/h2-4H3;3*1H3;. The molecule has 0 atom stereocenters. The van der Waals surface area contributed by atoms with Gasteiger partial charge in [-0.25, -0.2) is 0 Å². The zero-order chi connectivity index (χ0) is 8.41. The maximum atomic E-state index is 3.51. The van der Waals surface area contributed by atoms with Crippen molar-refractivity contribution in [3.8, 4) is 8.69 Å². The van der Waals surface area contributed by atoms with E-state index in [1.807, 2.05) is 0 Å². The number of hydrogen-bond donors (Lipinski definition) is 0. The van der Waals surface area contributed by atoms with Crippen LogP contribution in [0.15, 0.2) is 0 Å². The molecule has 0 bridgehead atoms. The van der Waals surface area contributed by atoms with Gasteiger partial charge in [-0.05, 0) is 0 Å². The van der Waals surface area contributed by atoms with E-state index in [-0.39, 0.29) is 0 Å². The SMILES string of the molecule is [CH3][Ge]([CH3])([CH3])[C]#[C][Sn]([CH3])([CH3])[CH3]. The quantitative estimate of drug-likeness (QED) is 0.477. The van der Waals surface area contributed by atoms with Crippen LogP contribution >= 0.6 is 0 Å². The molecule has 2 heteroatoms. The molecule has 10 heavy (non-hydrogen) atoms. The zero-order valence-electron chi connectivity index (χ0n) is 8.00. The molecule has 0 aliphatic carbocycles. The molecule has 0 radical (unpaired) electrons.